The number of imidazole rings is 1. The summed E-state index contributed by atoms with van der Waals surface area (Å²) in [6.07, 6.45) is 0. The van der Waals surface area contributed by atoms with Gasteiger partial charge >= 0.3 is 0 Å². The van der Waals surface area contributed by atoms with Gasteiger partial charge in [-0.15, -0.1) is 0 Å². The van der Waals surface area contributed by atoms with E-state index in [1.54, 1.807) is 35.9 Å². The van der Waals surface area contributed by atoms with Crippen LogP contribution < -0.4 is 4.74 Å². The molecule has 1 unspecified atom stereocenters. The van der Waals surface area contributed by atoms with Crippen molar-refractivity contribution in [2.24, 2.45) is 7.05 Å². The van der Waals surface area contributed by atoms with E-state index in [1.165, 1.54) is 0 Å². The summed E-state index contributed by atoms with van der Waals surface area (Å²) in [6.45, 7) is -0.245. The molecule has 0 saturated carbocycles. The van der Waals surface area contributed by atoms with Crippen molar-refractivity contribution in [3.8, 4) is 11.8 Å². The summed E-state index contributed by atoms with van der Waals surface area (Å²) < 4.78 is 7.21. The quantitative estimate of drug-likeness (QED) is 0.713. The second kappa shape index (κ2) is 6.73. The summed E-state index contributed by atoms with van der Waals surface area (Å²) in [5, 5.41) is 9.86. The number of nitrogens with zero attached hydrogens (tertiary/aromatic N) is 3. The van der Waals surface area contributed by atoms with Crippen LogP contribution in [0.5, 0.6) is 5.75 Å². The number of aryl methyl sites for hydroxylation is 1. The van der Waals surface area contributed by atoms with Crippen LogP contribution in [0.15, 0.2) is 48.5 Å². The smallest absolute Gasteiger partial charge is 0.194 e. The van der Waals surface area contributed by atoms with E-state index in [-0.39, 0.29) is 12.4 Å². The van der Waals surface area contributed by atoms with Crippen molar-refractivity contribution in [3.63, 3.8) is 0 Å². The van der Waals surface area contributed by atoms with Gasteiger partial charge in [-0.3, -0.25) is 4.79 Å². The molecule has 0 aliphatic heterocycles. The third-order valence-electron chi connectivity index (χ3n) is 3.74. The number of para-hydroxylation sites is 3. The predicted octanol–water partition coefficient (Wildman–Crippen LogP) is 3.48. The summed E-state index contributed by atoms with van der Waals surface area (Å²) in [5.74, 6) is -0.540. The Morgan fingerprint density at radius 3 is 2.71 bits per heavy atom. The number of hydrogen-bond donors (Lipinski definition) is 0. The Morgan fingerprint density at radius 2 is 2.00 bits per heavy atom. The summed E-state index contributed by atoms with van der Waals surface area (Å²) >= 11 is 6.00. The first-order valence-electron chi connectivity index (χ1n) is 7.33. The lowest BCUT2D eigenvalue weighted by molar-refractivity contribution is -0.121. The van der Waals surface area contributed by atoms with Crippen molar-refractivity contribution in [1.29, 1.82) is 5.26 Å². The van der Waals surface area contributed by atoms with Gasteiger partial charge in [-0.2, -0.15) is 5.26 Å². The van der Waals surface area contributed by atoms with Crippen molar-refractivity contribution in [1.82, 2.24) is 9.55 Å². The van der Waals surface area contributed by atoms with Crippen LogP contribution >= 0.6 is 11.6 Å². The number of Topliss-reactive ketones (excluding diaryl/α,β-unsaturated/α-hetero) is 1. The number of aromatic nitrogens is 2. The molecule has 1 aromatic heterocycles. The van der Waals surface area contributed by atoms with Gasteiger partial charge in [-0.1, -0.05) is 35.9 Å². The maximum atomic E-state index is 12.4. The van der Waals surface area contributed by atoms with E-state index >= 15 is 0 Å². The highest BCUT2D eigenvalue weighted by Gasteiger charge is 2.26. The molecule has 0 aliphatic carbocycles. The van der Waals surface area contributed by atoms with Crippen LogP contribution in [0.1, 0.15) is 11.7 Å². The summed E-state index contributed by atoms with van der Waals surface area (Å²) in [6, 6.07) is 16.4. The number of rotatable bonds is 5. The Labute approximate surface area is 144 Å². The van der Waals surface area contributed by atoms with Gasteiger partial charge in [0.2, 0.25) is 0 Å². The number of carbonyl (C=O) groups excluding carboxylic acids is 1. The first kappa shape index (κ1) is 16.0. The Hall–Kier alpha value is -2.84. The molecule has 0 N–H and O–H groups in total. The molecule has 0 fully saturated rings. The van der Waals surface area contributed by atoms with E-state index in [1.807, 2.05) is 30.3 Å². The molecule has 24 heavy (non-hydrogen) atoms. The summed E-state index contributed by atoms with van der Waals surface area (Å²) in [5.41, 5.74) is 1.61. The van der Waals surface area contributed by atoms with Crippen LogP contribution in [-0.2, 0) is 11.8 Å². The molecular formula is C18H14ClN3O2. The van der Waals surface area contributed by atoms with E-state index in [2.05, 4.69) is 4.98 Å². The van der Waals surface area contributed by atoms with E-state index < -0.39 is 5.92 Å². The van der Waals surface area contributed by atoms with Crippen LogP contribution in [-0.4, -0.2) is 21.9 Å². The molecule has 0 bridgehead atoms. The SMILES string of the molecule is Cn1c(C(C#N)C(=O)COc2ccccc2Cl)nc2ccccc21. The van der Waals surface area contributed by atoms with Crippen molar-refractivity contribution in [3.05, 3.63) is 59.4 Å². The standard InChI is InChI=1S/C18H14ClN3O2/c1-22-15-8-4-3-7-14(15)21-18(22)12(10-20)16(23)11-24-17-9-5-2-6-13(17)19/h2-9,12H,11H2,1H3. The zero-order valence-corrected chi connectivity index (χ0v) is 13.7. The molecule has 0 aliphatic rings. The van der Waals surface area contributed by atoms with Crippen LogP contribution in [0, 0.1) is 11.3 Å². The topological polar surface area (TPSA) is 67.9 Å². The Morgan fingerprint density at radius 1 is 1.29 bits per heavy atom. The third kappa shape index (κ3) is 2.97. The minimum atomic E-state index is -0.995. The zero-order valence-electron chi connectivity index (χ0n) is 12.9. The van der Waals surface area contributed by atoms with Crippen molar-refractivity contribution < 1.29 is 9.53 Å². The Bertz CT molecular complexity index is 943. The number of benzene rings is 2. The van der Waals surface area contributed by atoms with E-state index in [9.17, 15) is 10.1 Å². The monoisotopic (exact) mass is 339 g/mol. The lowest BCUT2D eigenvalue weighted by Crippen LogP contribution is -2.21. The molecular weight excluding hydrogens is 326 g/mol. The van der Waals surface area contributed by atoms with Gasteiger partial charge < -0.3 is 9.30 Å². The number of ether oxygens (including phenoxy) is 1. The fourth-order valence-electron chi connectivity index (χ4n) is 2.49. The number of ketones is 1. The third-order valence-corrected chi connectivity index (χ3v) is 4.05. The van der Waals surface area contributed by atoms with E-state index in [4.69, 9.17) is 16.3 Å². The minimum Gasteiger partial charge on any atom is -0.484 e. The van der Waals surface area contributed by atoms with Crippen molar-refractivity contribution in [2.75, 3.05) is 6.61 Å². The predicted molar refractivity (Wildman–Crippen MR) is 91.0 cm³/mol. The van der Waals surface area contributed by atoms with E-state index in [0.29, 0.717) is 16.6 Å². The van der Waals surface area contributed by atoms with Gasteiger partial charge in [-0.05, 0) is 24.3 Å². The van der Waals surface area contributed by atoms with Gasteiger partial charge in [0.05, 0.1) is 22.1 Å². The normalized spacial score (nSPS) is 11.9. The lowest BCUT2D eigenvalue weighted by Gasteiger charge is -2.10. The molecule has 0 spiro atoms. The highest BCUT2D eigenvalue weighted by molar-refractivity contribution is 6.32. The minimum absolute atomic E-state index is 0.245. The van der Waals surface area contributed by atoms with Crippen LogP contribution in [0.4, 0.5) is 0 Å². The highest BCUT2D eigenvalue weighted by Crippen LogP contribution is 2.25. The molecule has 6 heteroatoms. The maximum Gasteiger partial charge on any atom is 0.194 e. The average molecular weight is 340 g/mol. The molecule has 1 atom stereocenters. The Kier molecular flexibility index (Phi) is 4.50. The second-order valence-electron chi connectivity index (χ2n) is 5.27. The average Bonchev–Trinajstić information content (AvgIpc) is 2.92. The maximum absolute atomic E-state index is 12.4. The first-order chi connectivity index (χ1) is 11.6. The molecule has 3 rings (SSSR count). The van der Waals surface area contributed by atoms with Crippen molar-refractivity contribution >= 4 is 28.4 Å². The summed E-state index contributed by atoms with van der Waals surface area (Å²) in [7, 11) is 1.79. The van der Waals surface area contributed by atoms with Crippen molar-refractivity contribution in [2.45, 2.75) is 5.92 Å². The number of hydrogen-bond acceptors (Lipinski definition) is 4. The molecule has 1 heterocycles. The van der Waals surface area contributed by atoms with Crippen LogP contribution in [0.3, 0.4) is 0 Å². The molecule has 5 nitrogen and oxygen atoms in total. The molecule has 0 radical (unpaired) electrons. The van der Waals surface area contributed by atoms with Gasteiger partial charge in [0.25, 0.3) is 0 Å². The molecule has 0 saturated heterocycles. The zero-order chi connectivity index (χ0) is 17.1. The molecule has 3 aromatic rings. The van der Waals surface area contributed by atoms with Gasteiger partial charge in [0.15, 0.2) is 11.7 Å². The highest BCUT2D eigenvalue weighted by atomic mass is 35.5. The van der Waals surface area contributed by atoms with Gasteiger partial charge in [0.1, 0.15) is 18.2 Å². The number of fused-ring (bicyclic) bond motifs is 1. The second-order valence-corrected chi connectivity index (χ2v) is 5.67. The largest absolute Gasteiger partial charge is 0.484 e. The Balaban J connectivity index is 1.83. The van der Waals surface area contributed by atoms with Crippen LogP contribution in [0.2, 0.25) is 5.02 Å². The molecule has 120 valence electrons. The fraction of sp³-hybridized carbons (Fsp3) is 0.167. The first-order valence-corrected chi connectivity index (χ1v) is 7.70. The molecule has 2 aromatic carbocycles. The number of halogens is 1. The van der Waals surface area contributed by atoms with E-state index in [0.717, 1.165) is 11.0 Å². The van der Waals surface area contributed by atoms with Gasteiger partial charge in [-0.25, -0.2) is 4.98 Å². The number of carbonyl (C=O) groups is 1. The number of nitriles is 1. The molecule has 0 amide bonds. The fourth-order valence-corrected chi connectivity index (χ4v) is 2.68. The van der Waals surface area contributed by atoms with Crippen LogP contribution in [0.25, 0.3) is 11.0 Å². The lowest BCUT2D eigenvalue weighted by atomic mass is 10.1. The van der Waals surface area contributed by atoms with Gasteiger partial charge in [0, 0.05) is 7.05 Å². The summed E-state index contributed by atoms with van der Waals surface area (Å²) in [4.78, 5) is 16.9.